The van der Waals surface area contributed by atoms with Crippen LogP contribution in [0.25, 0.3) is 10.9 Å². The number of nitrogens with two attached hydrogens (primary N) is 1. The van der Waals surface area contributed by atoms with Gasteiger partial charge < -0.3 is 24.7 Å². The highest BCUT2D eigenvalue weighted by molar-refractivity contribution is 5.88. The maximum Gasteiger partial charge on any atom is 0.344 e. The Labute approximate surface area is 156 Å². The van der Waals surface area contributed by atoms with Gasteiger partial charge in [0.2, 0.25) is 0 Å². The number of nitrogen functional groups attached to an aromatic ring is 1. The molecule has 0 aliphatic heterocycles. The second kappa shape index (κ2) is 8.27. The molecule has 0 amide bonds. The van der Waals surface area contributed by atoms with Crippen molar-refractivity contribution in [3.8, 4) is 23.0 Å². The maximum atomic E-state index is 11.5. The molecule has 0 aliphatic carbocycles. The van der Waals surface area contributed by atoms with Crippen molar-refractivity contribution >= 4 is 22.6 Å². The van der Waals surface area contributed by atoms with Gasteiger partial charge in [-0.05, 0) is 43.3 Å². The lowest BCUT2D eigenvalue weighted by molar-refractivity contribution is -0.145. The zero-order valence-electron chi connectivity index (χ0n) is 15.1. The first-order chi connectivity index (χ1) is 13.1. The minimum absolute atomic E-state index is 0.211. The molecule has 1 heterocycles. The average Bonchev–Trinajstić information content (AvgIpc) is 2.68. The molecule has 3 rings (SSSR count). The van der Waals surface area contributed by atoms with E-state index in [2.05, 4.69) is 4.98 Å². The third kappa shape index (κ3) is 4.38. The van der Waals surface area contributed by atoms with E-state index >= 15 is 0 Å². The first kappa shape index (κ1) is 18.3. The summed E-state index contributed by atoms with van der Waals surface area (Å²) in [6.45, 7) is 1.82. The van der Waals surface area contributed by atoms with E-state index in [4.69, 9.17) is 24.7 Å². The Balaban J connectivity index is 1.91. The topological polar surface area (TPSA) is 92.9 Å². The van der Waals surface area contributed by atoms with E-state index in [1.54, 1.807) is 55.6 Å². The number of nitrogens with zero attached hydrogens (tertiary/aromatic N) is 1. The van der Waals surface area contributed by atoms with E-state index in [-0.39, 0.29) is 6.61 Å². The van der Waals surface area contributed by atoms with Crippen molar-refractivity contribution in [3.05, 3.63) is 48.7 Å². The number of carbonyl (C=O) groups excluding carboxylic acids is 1. The summed E-state index contributed by atoms with van der Waals surface area (Å²) in [5.74, 6) is 1.67. The first-order valence-electron chi connectivity index (χ1n) is 8.39. The van der Waals surface area contributed by atoms with Gasteiger partial charge in [-0.3, -0.25) is 4.98 Å². The van der Waals surface area contributed by atoms with Gasteiger partial charge in [0.25, 0.3) is 0 Å². The van der Waals surface area contributed by atoms with E-state index in [1.807, 2.05) is 0 Å². The van der Waals surface area contributed by atoms with Crippen molar-refractivity contribution in [3.63, 3.8) is 0 Å². The number of carbonyl (C=O) groups is 1. The summed E-state index contributed by atoms with van der Waals surface area (Å²) in [7, 11) is 1.52. The minimum Gasteiger partial charge on any atom is -0.493 e. The molecule has 0 bridgehead atoms. The molecule has 2 aromatic carbocycles. The molecule has 0 aliphatic rings. The minimum atomic E-state index is -0.451. The molecule has 0 spiro atoms. The Hall–Kier alpha value is -3.48. The summed E-state index contributed by atoms with van der Waals surface area (Å²) >= 11 is 0. The molecule has 0 saturated carbocycles. The van der Waals surface area contributed by atoms with Crippen LogP contribution in [-0.2, 0) is 9.53 Å². The Morgan fingerprint density at radius 2 is 1.85 bits per heavy atom. The van der Waals surface area contributed by atoms with Gasteiger partial charge in [0.15, 0.2) is 18.1 Å². The standard InChI is InChI=1S/C20H20N2O5/c1-3-25-20(23)12-26-19-11-16-15(10-18(19)24-2)17(8-9-22-16)27-14-6-4-13(21)5-7-14/h4-11H,3,12,21H2,1-2H3. The van der Waals surface area contributed by atoms with Gasteiger partial charge in [-0.15, -0.1) is 0 Å². The second-order valence-corrected chi connectivity index (χ2v) is 5.59. The number of methoxy groups -OCH3 is 1. The van der Waals surface area contributed by atoms with Gasteiger partial charge in [0.05, 0.1) is 19.2 Å². The van der Waals surface area contributed by atoms with Crippen molar-refractivity contribution in [1.82, 2.24) is 4.98 Å². The van der Waals surface area contributed by atoms with Gasteiger partial charge in [0, 0.05) is 23.3 Å². The van der Waals surface area contributed by atoms with Crippen LogP contribution in [0.4, 0.5) is 5.69 Å². The fraction of sp³-hybridized carbons (Fsp3) is 0.200. The lowest BCUT2D eigenvalue weighted by Gasteiger charge is -2.13. The Morgan fingerprint density at radius 3 is 2.56 bits per heavy atom. The number of aromatic nitrogens is 1. The van der Waals surface area contributed by atoms with E-state index in [0.717, 1.165) is 5.39 Å². The number of pyridine rings is 1. The van der Waals surface area contributed by atoms with Crippen molar-refractivity contribution < 1.29 is 23.7 Å². The highest BCUT2D eigenvalue weighted by atomic mass is 16.6. The van der Waals surface area contributed by atoms with Crippen molar-refractivity contribution in [2.24, 2.45) is 0 Å². The number of hydrogen-bond donors (Lipinski definition) is 1. The number of esters is 1. The molecule has 0 fully saturated rings. The van der Waals surface area contributed by atoms with E-state index < -0.39 is 5.97 Å². The highest BCUT2D eigenvalue weighted by Crippen LogP contribution is 2.37. The van der Waals surface area contributed by atoms with Crippen molar-refractivity contribution in [1.29, 1.82) is 0 Å². The SMILES string of the molecule is CCOC(=O)COc1cc2nccc(Oc3ccc(N)cc3)c2cc1OC. The van der Waals surface area contributed by atoms with Crippen LogP contribution < -0.4 is 19.9 Å². The zero-order valence-corrected chi connectivity index (χ0v) is 15.1. The fourth-order valence-corrected chi connectivity index (χ4v) is 2.49. The van der Waals surface area contributed by atoms with Crippen LogP contribution in [0.15, 0.2) is 48.7 Å². The summed E-state index contributed by atoms with van der Waals surface area (Å²) in [5, 5.41) is 0.745. The lowest BCUT2D eigenvalue weighted by atomic mass is 10.2. The zero-order chi connectivity index (χ0) is 19.2. The molecule has 7 nitrogen and oxygen atoms in total. The molecule has 27 heavy (non-hydrogen) atoms. The van der Waals surface area contributed by atoms with Crippen molar-refractivity contribution in [2.75, 3.05) is 26.1 Å². The molecule has 3 aromatic rings. The number of rotatable bonds is 7. The van der Waals surface area contributed by atoms with E-state index in [9.17, 15) is 4.79 Å². The highest BCUT2D eigenvalue weighted by Gasteiger charge is 2.13. The first-order valence-corrected chi connectivity index (χ1v) is 8.39. The predicted molar refractivity (Wildman–Crippen MR) is 101 cm³/mol. The third-order valence-electron chi connectivity index (χ3n) is 3.75. The lowest BCUT2D eigenvalue weighted by Crippen LogP contribution is -2.14. The van der Waals surface area contributed by atoms with Gasteiger partial charge in [-0.1, -0.05) is 0 Å². The van der Waals surface area contributed by atoms with Crippen LogP contribution in [0.3, 0.4) is 0 Å². The molecular weight excluding hydrogens is 348 g/mol. The fourth-order valence-electron chi connectivity index (χ4n) is 2.49. The number of fused-ring (bicyclic) bond motifs is 1. The van der Waals surface area contributed by atoms with Crippen LogP contribution in [0.1, 0.15) is 6.92 Å². The molecule has 1 aromatic heterocycles. The predicted octanol–water partition coefficient (Wildman–Crippen LogP) is 3.56. The molecular formula is C20H20N2O5. The summed E-state index contributed by atoms with van der Waals surface area (Å²) in [6.07, 6.45) is 1.64. The van der Waals surface area contributed by atoms with E-state index in [0.29, 0.717) is 40.8 Å². The van der Waals surface area contributed by atoms with Crippen LogP contribution in [0, 0.1) is 0 Å². The van der Waals surface area contributed by atoms with Gasteiger partial charge in [-0.2, -0.15) is 0 Å². The van der Waals surface area contributed by atoms with Gasteiger partial charge in [0.1, 0.15) is 11.5 Å². The molecule has 0 radical (unpaired) electrons. The molecule has 140 valence electrons. The van der Waals surface area contributed by atoms with Gasteiger partial charge in [-0.25, -0.2) is 4.79 Å². The van der Waals surface area contributed by atoms with Crippen LogP contribution in [0.5, 0.6) is 23.0 Å². The number of benzene rings is 2. The van der Waals surface area contributed by atoms with Crippen LogP contribution in [0.2, 0.25) is 0 Å². The van der Waals surface area contributed by atoms with Crippen molar-refractivity contribution in [2.45, 2.75) is 6.92 Å². The molecule has 0 unspecified atom stereocenters. The van der Waals surface area contributed by atoms with Crippen LogP contribution >= 0.6 is 0 Å². The monoisotopic (exact) mass is 368 g/mol. The quantitative estimate of drug-likeness (QED) is 0.503. The summed E-state index contributed by atoms with van der Waals surface area (Å²) < 4.78 is 21.7. The smallest absolute Gasteiger partial charge is 0.344 e. The normalized spacial score (nSPS) is 10.4. The molecule has 7 heteroatoms. The van der Waals surface area contributed by atoms with Crippen LogP contribution in [-0.4, -0.2) is 31.3 Å². The third-order valence-corrected chi connectivity index (χ3v) is 3.75. The summed E-state index contributed by atoms with van der Waals surface area (Å²) in [4.78, 5) is 15.9. The van der Waals surface area contributed by atoms with Gasteiger partial charge >= 0.3 is 5.97 Å². The molecule has 0 saturated heterocycles. The Morgan fingerprint density at radius 1 is 1.07 bits per heavy atom. The summed E-state index contributed by atoms with van der Waals surface area (Å²) in [5.41, 5.74) is 7.01. The Kier molecular flexibility index (Phi) is 5.61. The largest absolute Gasteiger partial charge is 0.493 e. The Bertz CT molecular complexity index is 941. The maximum absolute atomic E-state index is 11.5. The molecule has 0 atom stereocenters. The number of anilines is 1. The number of hydrogen-bond acceptors (Lipinski definition) is 7. The number of ether oxygens (including phenoxy) is 4. The summed E-state index contributed by atoms with van der Waals surface area (Å²) in [6, 6.07) is 12.3. The molecule has 2 N–H and O–H groups in total. The average molecular weight is 368 g/mol. The van der Waals surface area contributed by atoms with E-state index in [1.165, 1.54) is 7.11 Å². The second-order valence-electron chi connectivity index (χ2n) is 5.59.